The standard InChI is InChI=1S/C26H23N3O2S/c1-18-27-23-16-28(25(30)21-13-15-32-17-21)14-12-22(23)26(31)29(18)24(19-8-4-2-5-9-19)20-10-6-3-7-11-20/h2-11,13,15,17,24H,12,14,16H2,1H3. The predicted octanol–water partition coefficient (Wildman–Crippen LogP) is 4.45. The van der Waals surface area contributed by atoms with Gasteiger partial charge in [0.1, 0.15) is 5.82 Å². The Hall–Kier alpha value is -3.51. The smallest absolute Gasteiger partial charge is 0.257 e. The van der Waals surface area contributed by atoms with E-state index in [1.165, 1.54) is 11.3 Å². The molecule has 0 radical (unpaired) electrons. The van der Waals surface area contributed by atoms with Crippen molar-refractivity contribution >= 4 is 17.2 Å². The summed E-state index contributed by atoms with van der Waals surface area (Å²) in [6.45, 7) is 2.76. The number of rotatable bonds is 4. The number of benzene rings is 2. The topological polar surface area (TPSA) is 55.2 Å². The van der Waals surface area contributed by atoms with Crippen molar-refractivity contribution in [3.63, 3.8) is 0 Å². The molecule has 0 atom stereocenters. The van der Waals surface area contributed by atoms with Gasteiger partial charge in [-0.05, 0) is 35.9 Å². The highest BCUT2D eigenvalue weighted by Crippen LogP contribution is 2.27. The fourth-order valence-electron chi connectivity index (χ4n) is 4.43. The van der Waals surface area contributed by atoms with Crippen LogP contribution in [0.3, 0.4) is 0 Å². The van der Waals surface area contributed by atoms with E-state index in [0.29, 0.717) is 42.2 Å². The highest BCUT2D eigenvalue weighted by molar-refractivity contribution is 7.08. The molecule has 0 saturated carbocycles. The molecular formula is C26H23N3O2S. The summed E-state index contributed by atoms with van der Waals surface area (Å²) in [6, 6.07) is 21.7. The van der Waals surface area contributed by atoms with Crippen molar-refractivity contribution in [3.05, 3.63) is 122 Å². The minimum absolute atomic E-state index is 0.00743. The Labute approximate surface area is 190 Å². The number of hydrogen-bond acceptors (Lipinski definition) is 4. The van der Waals surface area contributed by atoms with Crippen molar-refractivity contribution in [1.82, 2.24) is 14.5 Å². The molecule has 5 nitrogen and oxygen atoms in total. The second-order valence-electron chi connectivity index (χ2n) is 7.97. The molecule has 0 aliphatic carbocycles. The number of aromatic nitrogens is 2. The Bertz CT molecular complexity index is 1260. The number of hydrogen-bond donors (Lipinski definition) is 0. The lowest BCUT2D eigenvalue weighted by atomic mass is 9.97. The normalized spacial score (nSPS) is 13.2. The first kappa shape index (κ1) is 20.4. The molecule has 6 heteroatoms. The van der Waals surface area contributed by atoms with Crippen LogP contribution >= 0.6 is 11.3 Å². The van der Waals surface area contributed by atoms with Crippen molar-refractivity contribution in [3.8, 4) is 0 Å². The molecule has 2 aromatic heterocycles. The lowest BCUT2D eigenvalue weighted by Gasteiger charge is -2.30. The summed E-state index contributed by atoms with van der Waals surface area (Å²) in [6.07, 6.45) is 0.508. The molecule has 4 aromatic rings. The molecule has 5 rings (SSSR count). The summed E-state index contributed by atoms with van der Waals surface area (Å²) in [7, 11) is 0. The number of fused-ring (bicyclic) bond motifs is 1. The van der Waals surface area contributed by atoms with Gasteiger partial charge in [0.2, 0.25) is 0 Å². The Morgan fingerprint density at radius 1 is 1.00 bits per heavy atom. The zero-order chi connectivity index (χ0) is 22.1. The second-order valence-corrected chi connectivity index (χ2v) is 8.75. The van der Waals surface area contributed by atoms with E-state index < -0.39 is 0 Å². The third-order valence-electron chi connectivity index (χ3n) is 5.99. The molecule has 0 N–H and O–H groups in total. The largest absolute Gasteiger partial charge is 0.332 e. The number of thiophene rings is 1. The Morgan fingerprint density at radius 2 is 1.66 bits per heavy atom. The van der Waals surface area contributed by atoms with Crippen LogP contribution in [0.25, 0.3) is 0 Å². The van der Waals surface area contributed by atoms with Crippen molar-refractivity contribution < 1.29 is 4.79 Å². The minimum Gasteiger partial charge on any atom is -0.332 e. The van der Waals surface area contributed by atoms with Crippen LogP contribution in [0.2, 0.25) is 0 Å². The van der Waals surface area contributed by atoms with E-state index in [0.717, 1.165) is 11.1 Å². The molecule has 0 spiro atoms. The average Bonchev–Trinajstić information content (AvgIpc) is 3.37. The van der Waals surface area contributed by atoms with Gasteiger partial charge in [-0.3, -0.25) is 14.2 Å². The van der Waals surface area contributed by atoms with E-state index in [2.05, 4.69) is 0 Å². The number of nitrogens with zero attached hydrogens (tertiary/aromatic N) is 3. The van der Waals surface area contributed by atoms with Gasteiger partial charge in [-0.2, -0.15) is 11.3 Å². The van der Waals surface area contributed by atoms with Crippen LogP contribution in [0.4, 0.5) is 0 Å². The first-order valence-electron chi connectivity index (χ1n) is 10.7. The maximum Gasteiger partial charge on any atom is 0.257 e. The fraction of sp³-hybridized carbons (Fsp3) is 0.192. The van der Waals surface area contributed by atoms with Crippen molar-refractivity contribution in [1.29, 1.82) is 0 Å². The summed E-state index contributed by atoms with van der Waals surface area (Å²) >= 11 is 1.51. The Morgan fingerprint density at radius 3 is 2.25 bits per heavy atom. The van der Waals surface area contributed by atoms with Crippen LogP contribution in [-0.4, -0.2) is 26.9 Å². The molecule has 2 aromatic carbocycles. The zero-order valence-electron chi connectivity index (χ0n) is 17.8. The summed E-state index contributed by atoms with van der Waals surface area (Å²) in [5.41, 5.74) is 4.16. The molecule has 0 bridgehead atoms. The first-order valence-corrected chi connectivity index (χ1v) is 11.6. The summed E-state index contributed by atoms with van der Waals surface area (Å²) in [5.74, 6) is 0.642. The van der Waals surface area contributed by atoms with Crippen molar-refractivity contribution in [2.45, 2.75) is 25.9 Å². The van der Waals surface area contributed by atoms with Crippen molar-refractivity contribution in [2.24, 2.45) is 0 Å². The minimum atomic E-state index is -0.256. The zero-order valence-corrected chi connectivity index (χ0v) is 18.6. The van der Waals surface area contributed by atoms with Crippen LogP contribution in [0.1, 0.15) is 44.6 Å². The molecule has 32 heavy (non-hydrogen) atoms. The van der Waals surface area contributed by atoms with Gasteiger partial charge in [0.05, 0.1) is 23.8 Å². The lowest BCUT2D eigenvalue weighted by molar-refractivity contribution is 0.0731. The maximum absolute atomic E-state index is 13.7. The van der Waals surface area contributed by atoms with Gasteiger partial charge in [-0.1, -0.05) is 60.7 Å². The van der Waals surface area contributed by atoms with E-state index in [4.69, 9.17) is 4.98 Å². The van der Waals surface area contributed by atoms with Gasteiger partial charge in [0.15, 0.2) is 0 Å². The summed E-state index contributed by atoms with van der Waals surface area (Å²) < 4.78 is 1.81. The van der Waals surface area contributed by atoms with Crippen LogP contribution < -0.4 is 5.56 Å². The van der Waals surface area contributed by atoms with Gasteiger partial charge < -0.3 is 4.90 Å². The molecule has 0 saturated heterocycles. The summed E-state index contributed by atoms with van der Waals surface area (Å²) in [4.78, 5) is 33.2. The van der Waals surface area contributed by atoms with E-state index in [9.17, 15) is 9.59 Å². The maximum atomic E-state index is 13.7. The third-order valence-corrected chi connectivity index (χ3v) is 6.67. The van der Waals surface area contributed by atoms with Crippen LogP contribution in [0.15, 0.2) is 82.3 Å². The molecule has 0 unspecified atom stereocenters. The SMILES string of the molecule is Cc1nc2c(c(=O)n1C(c1ccccc1)c1ccccc1)CCN(C(=O)c1ccsc1)C2. The first-order chi connectivity index (χ1) is 15.6. The fourth-order valence-corrected chi connectivity index (χ4v) is 5.06. The highest BCUT2D eigenvalue weighted by Gasteiger charge is 2.28. The number of aryl methyl sites for hydroxylation is 1. The highest BCUT2D eigenvalue weighted by atomic mass is 32.1. The third kappa shape index (κ3) is 3.67. The Balaban J connectivity index is 1.58. The van der Waals surface area contributed by atoms with Crippen LogP contribution in [0, 0.1) is 6.92 Å². The molecule has 3 heterocycles. The van der Waals surface area contributed by atoms with E-state index >= 15 is 0 Å². The number of carbonyl (C=O) groups excluding carboxylic acids is 1. The van der Waals surface area contributed by atoms with E-state index in [-0.39, 0.29) is 17.5 Å². The molecule has 1 amide bonds. The van der Waals surface area contributed by atoms with Gasteiger partial charge in [-0.15, -0.1) is 0 Å². The monoisotopic (exact) mass is 441 g/mol. The van der Waals surface area contributed by atoms with Gasteiger partial charge in [0, 0.05) is 17.5 Å². The van der Waals surface area contributed by atoms with Crippen LogP contribution in [-0.2, 0) is 13.0 Å². The number of carbonyl (C=O) groups is 1. The lowest BCUT2D eigenvalue weighted by Crippen LogP contribution is -2.42. The Kier molecular flexibility index (Phi) is 5.45. The molecule has 0 fully saturated rings. The quantitative estimate of drug-likeness (QED) is 0.470. The summed E-state index contributed by atoms with van der Waals surface area (Å²) in [5, 5.41) is 3.76. The van der Waals surface area contributed by atoms with Gasteiger partial charge in [0.25, 0.3) is 11.5 Å². The molecule has 1 aliphatic heterocycles. The molecule has 160 valence electrons. The average molecular weight is 442 g/mol. The number of amides is 1. The van der Waals surface area contributed by atoms with Crippen molar-refractivity contribution in [2.75, 3.05) is 6.54 Å². The molecule has 1 aliphatic rings. The second kappa shape index (κ2) is 8.55. The van der Waals surface area contributed by atoms with E-state index in [1.54, 1.807) is 9.47 Å². The van der Waals surface area contributed by atoms with E-state index in [1.807, 2.05) is 84.4 Å². The predicted molar refractivity (Wildman–Crippen MR) is 126 cm³/mol. The van der Waals surface area contributed by atoms with Gasteiger partial charge in [-0.25, -0.2) is 4.98 Å². The van der Waals surface area contributed by atoms with Crippen LogP contribution in [0.5, 0.6) is 0 Å². The molecular weight excluding hydrogens is 418 g/mol. The van der Waals surface area contributed by atoms with Gasteiger partial charge >= 0.3 is 0 Å².